The van der Waals surface area contributed by atoms with E-state index >= 15 is 0 Å². The summed E-state index contributed by atoms with van der Waals surface area (Å²) in [6.07, 6.45) is 1.92. The van der Waals surface area contributed by atoms with Crippen molar-refractivity contribution in [2.45, 2.75) is 33.6 Å². The fraction of sp³-hybridized carbons (Fsp3) is 0.462. The van der Waals surface area contributed by atoms with Crippen LogP contribution in [0.1, 0.15) is 36.8 Å². The summed E-state index contributed by atoms with van der Waals surface area (Å²) < 4.78 is 1.80. The van der Waals surface area contributed by atoms with Crippen LogP contribution in [0.3, 0.4) is 0 Å². The molecule has 2 rings (SSSR count). The molecule has 0 aliphatic rings. The highest BCUT2D eigenvalue weighted by Crippen LogP contribution is 2.21. The second kappa shape index (κ2) is 4.76. The number of hydrogen-bond donors (Lipinski definition) is 1. The standard InChI is InChI=1S/C13H19N5/c1-8(2)11-15-12(14-5)10(4)13(16-11)18-7-6-9(3)17-18/h6-8H,1-5H3,(H,14,15,16). The van der Waals surface area contributed by atoms with Crippen molar-refractivity contribution in [3.8, 4) is 5.82 Å². The van der Waals surface area contributed by atoms with Crippen LogP contribution in [0.2, 0.25) is 0 Å². The molecule has 2 aromatic rings. The van der Waals surface area contributed by atoms with E-state index < -0.39 is 0 Å². The van der Waals surface area contributed by atoms with Crippen molar-refractivity contribution in [2.75, 3.05) is 12.4 Å². The van der Waals surface area contributed by atoms with Crippen molar-refractivity contribution in [1.29, 1.82) is 0 Å². The molecule has 0 atom stereocenters. The summed E-state index contributed by atoms with van der Waals surface area (Å²) in [6, 6.07) is 1.97. The molecule has 0 aliphatic heterocycles. The lowest BCUT2D eigenvalue weighted by Crippen LogP contribution is -2.11. The van der Waals surface area contributed by atoms with E-state index in [4.69, 9.17) is 0 Å². The zero-order valence-corrected chi connectivity index (χ0v) is 11.5. The van der Waals surface area contributed by atoms with Gasteiger partial charge in [0.15, 0.2) is 5.82 Å². The summed E-state index contributed by atoms with van der Waals surface area (Å²) >= 11 is 0. The molecule has 96 valence electrons. The van der Waals surface area contributed by atoms with Gasteiger partial charge in [0, 0.05) is 24.7 Å². The van der Waals surface area contributed by atoms with Crippen LogP contribution < -0.4 is 5.32 Å². The molecule has 5 heteroatoms. The first-order valence-corrected chi connectivity index (χ1v) is 6.12. The number of nitrogens with one attached hydrogen (secondary N) is 1. The quantitative estimate of drug-likeness (QED) is 0.902. The topological polar surface area (TPSA) is 55.6 Å². The summed E-state index contributed by atoms with van der Waals surface area (Å²) in [6.45, 7) is 8.14. The van der Waals surface area contributed by atoms with Crippen LogP contribution in [0.15, 0.2) is 12.3 Å². The Bertz CT molecular complexity index is 557. The Balaban J connectivity index is 2.61. The molecule has 0 amide bonds. The van der Waals surface area contributed by atoms with Gasteiger partial charge in [-0.05, 0) is 19.9 Å². The van der Waals surface area contributed by atoms with Gasteiger partial charge in [-0.3, -0.25) is 0 Å². The van der Waals surface area contributed by atoms with Crippen LogP contribution in [0.4, 0.5) is 5.82 Å². The predicted molar refractivity (Wildman–Crippen MR) is 72.3 cm³/mol. The molecule has 0 unspecified atom stereocenters. The Labute approximate surface area is 107 Å². The van der Waals surface area contributed by atoms with Crippen molar-refractivity contribution in [2.24, 2.45) is 0 Å². The van der Waals surface area contributed by atoms with Gasteiger partial charge in [0.05, 0.1) is 5.69 Å². The number of aryl methyl sites for hydroxylation is 1. The van der Waals surface area contributed by atoms with Gasteiger partial charge in [-0.25, -0.2) is 14.6 Å². The fourth-order valence-electron chi connectivity index (χ4n) is 1.78. The lowest BCUT2D eigenvalue weighted by molar-refractivity contribution is 0.739. The smallest absolute Gasteiger partial charge is 0.162 e. The Morgan fingerprint density at radius 3 is 2.44 bits per heavy atom. The Kier molecular flexibility index (Phi) is 3.32. The number of hydrogen-bond acceptors (Lipinski definition) is 4. The molecule has 5 nitrogen and oxygen atoms in total. The van der Waals surface area contributed by atoms with Gasteiger partial charge in [0.2, 0.25) is 0 Å². The molecule has 0 bridgehead atoms. The van der Waals surface area contributed by atoms with Crippen LogP contribution >= 0.6 is 0 Å². The number of anilines is 1. The second-order valence-electron chi connectivity index (χ2n) is 4.69. The Hall–Kier alpha value is -1.91. The van der Waals surface area contributed by atoms with Crippen molar-refractivity contribution < 1.29 is 0 Å². The van der Waals surface area contributed by atoms with Crippen LogP contribution in [-0.2, 0) is 0 Å². The highest BCUT2D eigenvalue weighted by Gasteiger charge is 2.14. The molecule has 0 saturated heterocycles. The molecule has 2 heterocycles. The zero-order valence-electron chi connectivity index (χ0n) is 11.5. The third-order valence-electron chi connectivity index (χ3n) is 2.83. The molecule has 0 radical (unpaired) electrons. The monoisotopic (exact) mass is 245 g/mol. The highest BCUT2D eigenvalue weighted by molar-refractivity contribution is 5.51. The molecule has 0 fully saturated rings. The average molecular weight is 245 g/mol. The lowest BCUT2D eigenvalue weighted by atomic mass is 10.2. The molecular weight excluding hydrogens is 226 g/mol. The van der Waals surface area contributed by atoms with Crippen LogP contribution in [0, 0.1) is 13.8 Å². The average Bonchev–Trinajstić information content (AvgIpc) is 2.75. The first-order valence-electron chi connectivity index (χ1n) is 6.12. The molecule has 0 aliphatic carbocycles. The van der Waals surface area contributed by atoms with E-state index in [0.717, 1.165) is 28.7 Å². The van der Waals surface area contributed by atoms with Crippen LogP contribution in [0.25, 0.3) is 5.82 Å². The van der Waals surface area contributed by atoms with E-state index in [1.165, 1.54) is 0 Å². The molecule has 0 aromatic carbocycles. The molecule has 18 heavy (non-hydrogen) atoms. The highest BCUT2D eigenvalue weighted by atomic mass is 15.3. The molecule has 0 spiro atoms. The van der Waals surface area contributed by atoms with Gasteiger partial charge < -0.3 is 5.32 Å². The second-order valence-corrected chi connectivity index (χ2v) is 4.69. The minimum atomic E-state index is 0.285. The molecular formula is C13H19N5. The molecule has 2 aromatic heterocycles. The first-order chi connectivity index (χ1) is 8.52. The van der Waals surface area contributed by atoms with Gasteiger partial charge in [-0.15, -0.1) is 0 Å². The predicted octanol–water partition coefficient (Wildman–Crippen LogP) is 2.44. The summed E-state index contributed by atoms with van der Waals surface area (Å²) in [5, 5.41) is 7.53. The molecule has 0 saturated carbocycles. The maximum absolute atomic E-state index is 4.61. The van der Waals surface area contributed by atoms with Crippen molar-refractivity contribution in [3.05, 3.63) is 29.3 Å². The van der Waals surface area contributed by atoms with Crippen molar-refractivity contribution >= 4 is 5.82 Å². The largest absolute Gasteiger partial charge is 0.373 e. The van der Waals surface area contributed by atoms with Crippen molar-refractivity contribution in [3.63, 3.8) is 0 Å². The minimum absolute atomic E-state index is 0.285. The third kappa shape index (κ3) is 2.20. The summed E-state index contributed by atoms with van der Waals surface area (Å²) in [5.74, 6) is 2.81. The van der Waals surface area contributed by atoms with Gasteiger partial charge >= 0.3 is 0 Å². The fourth-order valence-corrected chi connectivity index (χ4v) is 1.78. The summed E-state index contributed by atoms with van der Waals surface area (Å²) in [5.41, 5.74) is 1.98. The van der Waals surface area contributed by atoms with E-state index in [2.05, 4.69) is 34.2 Å². The van der Waals surface area contributed by atoms with Crippen LogP contribution in [0.5, 0.6) is 0 Å². The molecule has 1 N–H and O–H groups in total. The van der Waals surface area contributed by atoms with Crippen LogP contribution in [-0.4, -0.2) is 26.8 Å². The third-order valence-corrected chi connectivity index (χ3v) is 2.83. The van der Waals surface area contributed by atoms with E-state index in [9.17, 15) is 0 Å². The number of rotatable bonds is 3. The SMILES string of the molecule is CNc1nc(C(C)C)nc(-n2ccc(C)n2)c1C. The first kappa shape index (κ1) is 12.5. The Morgan fingerprint density at radius 1 is 1.22 bits per heavy atom. The van der Waals surface area contributed by atoms with E-state index in [1.54, 1.807) is 4.68 Å². The maximum Gasteiger partial charge on any atom is 0.162 e. The normalized spacial score (nSPS) is 11.0. The summed E-state index contributed by atoms with van der Waals surface area (Å²) in [4.78, 5) is 9.13. The maximum atomic E-state index is 4.61. The number of nitrogens with zero attached hydrogens (tertiary/aromatic N) is 4. The zero-order chi connectivity index (χ0) is 13.3. The minimum Gasteiger partial charge on any atom is -0.373 e. The van der Waals surface area contributed by atoms with Gasteiger partial charge in [0.1, 0.15) is 11.6 Å². The van der Waals surface area contributed by atoms with Gasteiger partial charge in [0.25, 0.3) is 0 Å². The van der Waals surface area contributed by atoms with Crippen molar-refractivity contribution in [1.82, 2.24) is 19.7 Å². The number of aromatic nitrogens is 4. The van der Waals surface area contributed by atoms with E-state index in [1.807, 2.05) is 33.2 Å². The van der Waals surface area contributed by atoms with Gasteiger partial charge in [-0.1, -0.05) is 13.8 Å². The van der Waals surface area contributed by atoms with E-state index in [0.29, 0.717) is 0 Å². The van der Waals surface area contributed by atoms with E-state index in [-0.39, 0.29) is 5.92 Å². The summed E-state index contributed by atoms with van der Waals surface area (Å²) in [7, 11) is 1.87. The lowest BCUT2D eigenvalue weighted by Gasteiger charge is -2.13. The van der Waals surface area contributed by atoms with Gasteiger partial charge in [-0.2, -0.15) is 5.10 Å². The Morgan fingerprint density at radius 2 is 1.94 bits per heavy atom.